The lowest BCUT2D eigenvalue weighted by atomic mass is 10.0. The van der Waals surface area contributed by atoms with Gasteiger partial charge in [-0.25, -0.2) is 4.98 Å². The topological polar surface area (TPSA) is 29.9 Å². The summed E-state index contributed by atoms with van der Waals surface area (Å²) in [5, 5.41) is 4.44. The number of fused-ring (bicyclic) bond motifs is 1. The molecule has 0 spiro atoms. The first-order valence-corrected chi connectivity index (χ1v) is 7.80. The third-order valence-electron chi connectivity index (χ3n) is 3.33. The molecule has 2 aromatic rings. The third-order valence-corrected chi connectivity index (χ3v) is 4.69. The second-order valence-corrected chi connectivity index (χ2v) is 6.20. The van der Waals surface area contributed by atoms with Gasteiger partial charge >= 0.3 is 0 Å². The molecule has 1 aliphatic rings. The van der Waals surface area contributed by atoms with Gasteiger partial charge in [0.05, 0.1) is 6.33 Å². The summed E-state index contributed by atoms with van der Waals surface area (Å²) in [6, 6.07) is 6.61. The van der Waals surface area contributed by atoms with Crippen LogP contribution in [0.25, 0.3) is 0 Å². The van der Waals surface area contributed by atoms with E-state index < -0.39 is 0 Å². The molecular weight excluding hydrogens is 278 g/mol. The minimum atomic E-state index is 0.415. The Labute approximate surface area is 122 Å². The van der Waals surface area contributed by atoms with Crippen LogP contribution in [0.2, 0.25) is 5.02 Å². The monoisotopic (exact) mass is 293 g/mol. The normalized spacial score (nSPS) is 18.3. The Balaban J connectivity index is 1.64. The average Bonchev–Trinajstić information content (AvgIpc) is 2.92. The number of rotatable bonds is 4. The Morgan fingerprint density at radius 1 is 1.47 bits per heavy atom. The van der Waals surface area contributed by atoms with Crippen LogP contribution >= 0.6 is 23.4 Å². The molecular formula is C14H16ClN3S. The lowest BCUT2D eigenvalue weighted by Gasteiger charge is -2.26. The second kappa shape index (κ2) is 5.99. The lowest BCUT2D eigenvalue weighted by Crippen LogP contribution is -2.27. The number of nitrogens with zero attached hydrogens (tertiary/aromatic N) is 2. The van der Waals surface area contributed by atoms with E-state index in [0.717, 1.165) is 30.3 Å². The highest BCUT2D eigenvalue weighted by Crippen LogP contribution is 2.37. The molecule has 0 radical (unpaired) electrons. The van der Waals surface area contributed by atoms with Crippen molar-refractivity contribution in [1.82, 2.24) is 14.9 Å². The first kappa shape index (κ1) is 13.0. The van der Waals surface area contributed by atoms with Crippen LogP contribution in [-0.2, 0) is 6.54 Å². The average molecular weight is 294 g/mol. The maximum absolute atomic E-state index is 6.11. The molecule has 0 amide bonds. The molecule has 3 rings (SSSR count). The molecule has 0 saturated carbocycles. The quantitative estimate of drug-likeness (QED) is 0.937. The van der Waals surface area contributed by atoms with Gasteiger partial charge in [-0.1, -0.05) is 11.6 Å². The molecule has 0 aliphatic carbocycles. The molecule has 100 valence electrons. The molecule has 0 fully saturated rings. The van der Waals surface area contributed by atoms with Gasteiger partial charge in [0.2, 0.25) is 0 Å². The van der Waals surface area contributed by atoms with E-state index >= 15 is 0 Å². The maximum atomic E-state index is 6.11. The second-order valence-electron chi connectivity index (χ2n) is 4.63. The van der Waals surface area contributed by atoms with E-state index in [2.05, 4.69) is 27.0 Å². The first-order valence-electron chi connectivity index (χ1n) is 6.44. The van der Waals surface area contributed by atoms with Gasteiger partial charge in [0.25, 0.3) is 0 Å². The summed E-state index contributed by atoms with van der Waals surface area (Å²) in [4.78, 5) is 5.41. The highest BCUT2D eigenvalue weighted by atomic mass is 35.5. The van der Waals surface area contributed by atoms with Crippen molar-refractivity contribution >= 4 is 23.4 Å². The number of benzene rings is 1. The van der Waals surface area contributed by atoms with Crippen molar-refractivity contribution in [2.24, 2.45) is 0 Å². The van der Waals surface area contributed by atoms with E-state index in [1.165, 1.54) is 10.5 Å². The van der Waals surface area contributed by atoms with Gasteiger partial charge in [-0.15, -0.1) is 11.8 Å². The minimum absolute atomic E-state index is 0.415. The maximum Gasteiger partial charge on any atom is 0.0946 e. The van der Waals surface area contributed by atoms with Crippen LogP contribution in [0.4, 0.5) is 0 Å². The Morgan fingerprint density at radius 3 is 3.26 bits per heavy atom. The fourth-order valence-corrected chi connectivity index (χ4v) is 3.65. The molecule has 0 saturated heterocycles. The van der Waals surface area contributed by atoms with Crippen LogP contribution in [0.1, 0.15) is 18.0 Å². The van der Waals surface area contributed by atoms with E-state index in [1.54, 1.807) is 0 Å². The van der Waals surface area contributed by atoms with E-state index in [0.29, 0.717) is 6.04 Å². The number of nitrogens with one attached hydrogen (secondary N) is 1. The van der Waals surface area contributed by atoms with Gasteiger partial charge < -0.3 is 9.88 Å². The SMILES string of the molecule is Clc1ccc2c(c1)C(NCCn1ccnc1)CCS2. The third kappa shape index (κ3) is 3.14. The van der Waals surface area contributed by atoms with Gasteiger partial charge in [0.15, 0.2) is 0 Å². The van der Waals surface area contributed by atoms with Gasteiger partial charge in [0, 0.05) is 41.4 Å². The Morgan fingerprint density at radius 2 is 2.42 bits per heavy atom. The summed E-state index contributed by atoms with van der Waals surface area (Å²) in [5.41, 5.74) is 1.34. The molecule has 0 bridgehead atoms. The standard InChI is InChI=1S/C14H16ClN3S/c15-11-1-2-14-12(9-11)13(3-8-19-14)17-5-7-18-6-4-16-10-18/h1-2,4,6,9-10,13,17H,3,5,7-8H2. The fraction of sp³-hybridized carbons (Fsp3) is 0.357. The number of aromatic nitrogens is 2. The highest BCUT2D eigenvalue weighted by molar-refractivity contribution is 7.99. The van der Waals surface area contributed by atoms with Crippen LogP contribution < -0.4 is 5.32 Å². The predicted octanol–water partition coefficient (Wildman–Crippen LogP) is 3.36. The number of halogens is 1. The minimum Gasteiger partial charge on any atom is -0.336 e. The molecule has 1 aliphatic heterocycles. The molecule has 1 N–H and O–H groups in total. The van der Waals surface area contributed by atoms with Crippen LogP contribution in [0, 0.1) is 0 Å². The molecule has 1 aromatic heterocycles. The Hall–Kier alpha value is -0.970. The molecule has 3 nitrogen and oxygen atoms in total. The Kier molecular flexibility index (Phi) is 4.11. The van der Waals surface area contributed by atoms with E-state index in [4.69, 9.17) is 11.6 Å². The summed E-state index contributed by atoms with van der Waals surface area (Å²) in [6.07, 6.45) is 6.81. The highest BCUT2D eigenvalue weighted by Gasteiger charge is 2.20. The van der Waals surface area contributed by atoms with Crippen molar-refractivity contribution in [3.63, 3.8) is 0 Å². The number of hydrogen-bond donors (Lipinski definition) is 1. The van der Waals surface area contributed by atoms with E-state index in [1.807, 2.05) is 36.5 Å². The number of thioether (sulfide) groups is 1. The molecule has 2 heterocycles. The first-order chi connectivity index (χ1) is 9.33. The zero-order chi connectivity index (χ0) is 13.1. The zero-order valence-electron chi connectivity index (χ0n) is 10.6. The van der Waals surface area contributed by atoms with Crippen molar-refractivity contribution in [2.75, 3.05) is 12.3 Å². The summed E-state index contributed by atoms with van der Waals surface area (Å²) in [5.74, 6) is 1.16. The van der Waals surface area contributed by atoms with Gasteiger partial charge in [-0.3, -0.25) is 0 Å². The van der Waals surface area contributed by atoms with Crippen LogP contribution in [0.3, 0.4) is 0 Å². The lowest BCUT2D eigenvalue weighted by molar-refractivity contribution is 0.485. The summed E-state index contributed by atoms with van der Waals surface area (Å²) in [6.45, 7) is 1.89. The molecule has 5 heteroatoms. The van der Waals surface area contributed by atoms with Crippen LogP contribution in [0.15, 0.2) is 41.8 Å². The molecule has 1 atom stereocenters. The predicted molar refractivity (Wildman–Crippen MR) is 79.8 cm³/mol. The van der Waals surface area contributed by atoms with E-state index in [-0.39, 0.29) is 0 Å². The zero-order valence-corrected chi connectivity index (χ0v) is 12.1. The number of hydrogen-bond acceptors (Lipinski definition) is 3. The van der Waals surface area contributed by atoms with Crippen molar-refractivity contribution < 1.29 is 0 Å². The molecule has 1 unspecified atom stereocenters. The van der Waals surface area contributed by atoms with Gasteiger partial charge in [-0.2, -0.15) is 0 Å². The van der Waals surface area contributed by atoms with Crippen molar-refractivity contribution in [2.45, 2.75) is 23.9 Å². The molecule has 19 heavy (non-hydrogen) atoms. The molecule has 1 aromatic carbocycles. The smallest absolute Gasteiger partial charge is 0.0946 e. The summed E-state index contributed by atoms with van der Waals surface area (Å²) in [7, 11) is 0. The van der Waals surface area contributed by atoms with Crippen LogP contribution in [-0.4, -0.2) is 21.8 Å². The van der Waals surface area contributed by atoms with Crippen molar-refractivity contribution in [1.29, 1.82) is 0 Å². The summed E-state index contributed by atoms with van der Waals surface area (Å²) < 4.78 is 2.09. The Bertz CT molecular complexity index is 542. The van der Waals surface area contributed by atoms with Crippen molar-refractivity contribution in [3.05, 3.63) is 47.5 Å². The van der Waals surface area contributed by atoms with E-state index in [9.17, 15) is 0 Å². The summed E-state index contributed by atoms with van der Waals surface area (Å²) >= 11 is 8.03. The van der Waals surface area contributed by atoms with Crippen molar-refractivity contribution in [3.8, 4) is 0 Å². The largest absolute Gasteiger partial charge is 0.336 e. The fourth-order valence-electron chi connectivity index (χ4n) is 2.36. The van der Waals surface area contributed by atoms with Gasteiger partial charge in [-0.05, 0) is 35.9 Å². The number of imidazole rings is 1. The van der Waals surface area contributed by atoms with Crippen LogP contribution in [0.5, 0.6) is 0 Å². The van der Waals surface area contributed by atoms with Gasteiger partial charge in [0.1, 0.15) is 0 Å².